The first-order valence-electron chi connectivity index (χ1n) is 6.19. The highest BCUT2D eigenvalue weighted by Crippen LogP contribution is 2.14. The molecule has 2 nitrogen and oxygen atoms in total. The molecule has 0 bridgehead atoms. The number of hydrogen-bond donors (Lipinski definition) is 1. The van der Waals surface area contributed by atoms with Crippen LogP contribution in [0.5, 0.6) is 0 Å². The second-order valence-electron chi connectivity index (χ2n) is 4.28. The standard InChI is InChI=1S/C15H21NO/c1-4-6-7-13-8-10-14(11-9-13)12(3)16-15(17)5-2/h5,8-12H,2,4,6-7H2,1,3H3,(H,16,17). The average molecular weight is 231 g/mol. The number of aryl methyl sites for hydroxylation is 1. The molecular formula is C15H21NO. The second-order valence-corrected chi connectivity index (χ2v) is 4.28. The van der Waals surface area contributed by atoms with Crippen LogP contribution in [0.25, 0.3) is 0 Å². The number of rotatable bonds is 6. The van der Waals surface area contributed by atoms with Crippen molar-refractivity contribution < 1.29 is 4.79 Å². The monoisotopic (exact) mass is 231 g/mol. The molecule has 1 rings (SSSR count). The van der Waals surface area contributed by atoms with E-state index in [0.717, 1.165) is 12.0 Å². The van der Waals surface area contributed by atoms with Crippen molar-refractivity contribution in [2.24, 2.45) is 0 Å². The number of carbonyl (C=O) groups is 1. The second kappa shape index (κ2) is 6.89. The van der Waals surface area contributed by atoms with Crippen molar-refractivity contribution in [3.63, 3.8) is 0 Å². The van der Waals surface area contributed by atoms with Gasteiger partial charge >= 0.3 is 0 Å². The van der Waals surface area contributed by atoms with Gasteiger partial charge in [-0.25, -0.2) is 0 Å². The molecule has 0 aromatic heterocycles. The number of benzene rings is 1. The third kappa shape index (κ3) is 4.43. The summed E-state index contributed by atoms with van der Waals surface area (Å²) in [6.07, 6.45) is 4.87. The van der Waals surface area contributed by atoms with Gasteiger partial charge in [0.05, 0.1) is 6.04 Å². The fraction of sp³-hybridized carbons (Fsp3) is 0.400. The first-order chi connectivity index (χ1) is 8.17. The lowest BCUT2D eigenvalue weighted by Gasteiger charge is -2.13. The molecule has 17 heavy (non-hydrogen) atoms. The Morgan fingerprint density at radius 3 is 2.59 bits per heavy atom. The van der Waals surface area contributed by atoms with E-state index in [4.69, 9.17) is 0 Å². The van der Waals surface area contributed by atoms with E-state index in [0.29, 0.717) is 0 Å². The summed E-state index contributed by atoms with van der Waals surface area (Å²) >= 11 is 0. The Morgan fingerprint density at radius 2 is 2.06 bits per heavy atom. The van der Waals surface area contributed by atoms with Gasteiger partial charge in [-0.05, 0) is 37.0 Å². The van der Waals surface area contributed by atoms with Gasteiger partial charge in [0.25, 0.3) is 0 Å². The molecule has 1 unspecified atom stereocenters. The first-order valence-corrected chi connectivity index (χ1v) is 6.19. The molecule has 0 heterocycles. The van der Waals surface area contributed by atoms with Gasteiger partial charge in [0.2, 0.25) is 5.91 Å². The Hall–Kier alpha value is -1.57. The van der Waals surface area contributed by atoms with Crippen LogP contribution in [0.3, 0.4) is 0 Å². The molecular weight excluding hydrogens is 210 g/mol. The van der Waals surface area contributed by atoms with E-state index in [1.165, 1.54) is 24.5 Å². The molecule has 0 spiro atoms. The SMILES string of the molecule is C=CC(=O)NC(C)c1ccc(CCCC)cc1. The molecule has 1 aromatic rings. The average Bonchev–Trinajstić information content (AvgIpc) is 2.36. The number of hydrogen-bond acceptors (Lipinski definition) is 1. The van der Waals surface area contributed by atoms with E-state index >= 15 is 0 Å². The molecule has 1 atom stereocenters. The van der Waals surface area contributed by atoms with Gasteiger partial charge in [0.1, 0.15) is 0 Å². The van der Waals surface area contributed by atoms with Crippen LogP contribution in [0.15, 0.2) is 36.9 Å². The fourth-order valence-electron chi connectivity index (χ4n) is 1.71. The van der Waals surface area contributed by atoms with Crippen molar-refractivity contribution in [3.8, 4) is 0 Å². The number of nitrogens with one attached hydrogen (secondary N) is 1. The number of unbranched alkanes of at least 4 members (excludes halogenated alkanes) is 1. The molecule has 0 aliphatic carbocycles. The van der Waals surface area contributed by atoms with Crippen LogP contribution in [0, 0.1) is 0 Å². The molecule has 0 aliphatic rings. The highest BCUT2D eigenvalue weighted by molar-refractivity contribution is 5.87. The molecule has 1 aromatic carbocycles. The van der Waals surface area contributed by atoms with Crippen LogP contribution in [0.4, 0.5) is 0 Å². The summed E-state index contributed by atoms with van der Waals surface area (Å²) in [5, 5.41) is 2.85. The smallest absolute Gasteiger partial charge is 0.243 e. The highest BCUT2D eigenvalue weighted by Gasteiger charge is 2.06. The van der Waals surface area contributed by atoms with Gasteiger partial charge in [-0.15, -0.1) is 0 Å². The maximum atomic E-state index is 11.2. The van der Waals surface area contributed by atoms with E-state index in [-0.39, 0.29) is 11.9 Å². The lowest BCUT2D eigenvalue weighted by atomic mass is 10.0. The van der Waals surface area contributed by atoms with Gasteiger partial charge in [0.15, 0.2) is 0 Å². The van der Waals surface area contributed by atoms with E-state index in [1.54, 1.807) is 0 Å². The van der Waals surface area contributed by atoms with Crippen molar-refractivity contribution in [1.82, 2.24) is 5.32 Å². The molecule has 0 aliphatic heterocycles. The maximum Gasteiger partial charge on any atom is 0.243 e. The zero-order valence-corrected chi connectivity index (χ0v) is 10.7. The van der Waals surface area contributed by atoms with Crippen LogP contribution in [-0.4, -0.2) is 5.91 Å². The Morgan fingerprint density at radius 1 is 1.41 bits per heavy atom. The third-order valence-electron chi connectivity index (χ3n) is 2.84. The summed E-state index contributed by atoms with van der Waals surface area (Å²) in [7, 11) is 0. The van der Waals surface area contributed by atoms with E-state index in [9.17, 15) is 4.79 Å². The predicted octanol–water partition coefficient (Wildman–Crippen LogP) is 3.39. The normalized spacial score (nSPS) is 11.9. The summed E-state index contributed by atoms with van der Waals surface area (Å²) in [5.41, 5.74) is 2.48. The Kier molecular flexibility index (Phi) is 5.47. The van der Waals surface area contributed by atoms with Crippen LogP contribution in [0.2, 0.25) is 0 Å². The first kappa shape index (κ1) is 13.5. The summed E-state index contributed by atoms with van der Waals surface area (Å²) < 4.78 is 0. The lowest BCUT2D eigenvalue weighted by molar-refractivity contribution is -0.117. The Bertz CT molecular complexity index is 367. The topological polar surface area (TPSA) is 29.1 Å². The summed E-state index contributed by atoms with van der Waals surface area (Å²) in [4.78, 5) is 11.2. The quantitative estimate of drug-likeness (QED) is 0.747. The van der Waals surface area contributed by atoms with Crippen molar-refractivity contribution in [2.75, 3.05) is 0 Å². The van der Waals surface area contributed by atoms with Crippen LogP contribution in [-0.2, 0) is 11.2 Å². The van der Waals surface area contributed by atoms with E-state index in [1.807, 2.05) is 6.92 Å². The van der Waals surface area contributed by atoms with Crippen LogP contribution in [0.1, 0.15) is 43.9 Å². The van der Waals surface area contributed by atoms with Gasteiger partial charge in [-0.1, -0.05) is 44.2 Å². The van der Waals surface area contributed by atoms with Gasteiger partial charge in [0, 0.05) is 0 Å². The minimum atomic E-state index is -0.132. The van der Waals surface area contributed by atoms with Crippen LogP contribution < -0.4 is 5.32 Å². The fourth-order valence-corrected chi connectivity index (χ4v) is 1.71. The van der Waals surface area contributed by atoms with Crippen molar-refractivity contribution in [3.05, 3.63) is 48.0 Å². The third-order valence-corrected chi connectivity index (χ3v) is 2.84. The molecule has 0 saturated carbocycles. The predicted molar refractivity (Wildman–Crippen MR) is 71.8 cm³/mol. The largest absolute Gasteiger partial charge is 0.346 e. The zero-order chi connectivity index (χ0) is 12.7. The van der Waals surface area contributed by atoms with E-state index < -0.39 is 0 Å². The summed E-state index contributed by atoms with van der Waals surface area (Å²) in [6.45, 7) is 7.61. The van der Waals surface area contributed by atoms with E-state index in [2.05, 4.69) is 43.1 Å². The van der Waals surface area contributed by atoms with Gasteiger partial charge < -0.3 is 5.32 Å². The molecule has 92 valence electrons. The summed E-state index contributed by atoms with van der Waals surface area (Å²) in [5.74, 6) is -0.132. The zero-order valence-electron chi connectivity index (χ0n) is 10.7. The molecule has 1 N–H and O–H groups in total. The lowest BCUT2D eigenvalue weighted by Crippen LogP contribution is -2.24. The Labute approximate surface area is 104 Å². The summed E-state index contributed by atoms with van der Waals surface area (Å²) in [6, 6.07) is 8.47. The van der Waals surface area contributed by atoms with Crippen molar-refractivity contribution in [1.29, 1.82) is 0 Å². The van der Waals surface area contributed by atoms with Gasteiger partial charge in [-0.2, -0.15) is 0 Å². The number of amides is 1. The van der Waals surface area contributed by atoms with Gasteiger partial charge in [-0.3, -0.25) is 4.79 Å². The maximum absolute atomic E-state index is 11.2. The molecule has 0 fully saturated rings. The van der Waals surface area contributed by atoms with Crippen molar-refractivity contribution in [2.45, 2.75) is 39.2 Å². The molecule has 0 radical (unpaired) electrons. The Balaban J connectivity index is 2.60. The molecule has 2 heteroatoms. The van der Waals surface area contributed by atoms with Crippen molar-refractivity contribution >= 4 is 5.91 Å². The minimum absolute atomic E-state index is 0.0284. The van der Waals surface area contributed by atoms with Crippen LogP contribution >= 0.6 is 0 Å². The molecule has 0 saturated heterocycles. The minimum Gasteiger partial charge on any atom is -0.346 e. The number of carbonyl (C=O) groups excluding carboxylic acids is 1. The highest BCUT2D eigenvalue weighted by atomic mass is 16.1. The molecule has 1 amide bonds.